The minimum atomic E-state index is -0.591. The topological polar surface area (TPSA) is 56.8 Å². The molecule has 2 aliphatic rings. The van der Waals surface area contributed by atoms with Gasteiger partial charge in [0.25, 0.3) is 5.91 Å². The van der Waals surface area contributed by atoms with Crippen LogP contribution in [0.15, 0.2) is 36.4 Å². The summed E-state index contributed by atoms with van der Waals surface area (Å²) < 4.78 is 17.5. The Bertz CT molecular complexity index is 937. The summed E-state index contributed by atoms with van der Waals surface area (Å²) in [6.45, 7) is 5.87. The average molecular weight is 410 g/mol. The number of carbonyl (C=O) groups is 1. The van der Waals surface area contributed by atoms with Crippen molar-refractivity contribution in [1.29, 1.82) is 0 Å². The lowest BCUT2D eigenvalue weighted by molar-refractivity contribution is -0.128. The standard InChI is InChI=1S/C25H31NO4/c1-16(29-20-10-9-17-7-5-6-8-18(17)13-20)24(27)26-22-15-25(2,3)30-23-12-11-19(28-4)14-21(22)23/h9-14,16,22H,5-8,15H2,1-4H3,(H,26,27)/t16-,22+/m0/s1. The first-order valence-corrected chi connectivity index (χ1v) is 10.8. The molecule has 0 saturated heterocycles. The number of methoxy groups -OCH3 is 1. The number of ether oxygens (including phenoxy) is 3. The highest BCUT2D eigenvalue weighted by atomic mass is 16.5. The molecule has 0 bridgehead atoms. The molecule has 1 aliphatic heterocycles. The number of hydrogen-bond acceptors (Lipinski definition) is 4. The number of fused-ring (bicyclic) bond motifs is 2. The Labute approximate surface area is 178 Å². The van der Waals surface area contributed by atoms with Crippen molar-refractivity contribution in [1.82, 2.24) is 5.32 Å². The highest BCUT2D eigenvalue weighted by Crippen LogP contribution is 2.41. The summed E-state index contributed by atoms with van der Waals surface area (Å²) in [7, 11) is 1.64. The van der Waals surface area contributed by atoms with Crippen molar-refractivity contribution in [2.45, 2.75) is 70.6 Å². The summed E-state index contributed by atoms with van der Waals surface area (Å²) in [6, 6.07) is 11.8. The summed E-state index contributed by atoms with van der Waals surface area (Å²) in [6.07, 6.45) is 4.77. The van der Waals surface area contributed by atoms with E-state index in [2.05, 4.69) is 17.4 Å². The first kappa shape index (κ1) is 20.6. The van der Waals surface area contributed by atoms with E-state index in [1.54, 1.807) is 14.0 Å². The lowest BCUT2D eigenvalue weighted by Gasteiger charge is -2.38. The zero-order valence-electron chi connectivity index (χ0n) is 18.3. The fourth-order valence-electron chi connectivity index (χ4n) is 4.42. The molecule has 1 heterocycles. The van der Waals surface area contributed by atoms with Gasteiger partial charge >= 0.3 is 0 Å². The average Bonchev–Trinajstić information content (AvgIpc) is 2.72. The molecule has 2 aromatic carbocycles. The molecule has 1 N–H and O–H groups in total. The monoisotopic (exact) mass is 409 g/mol. The number of benzene rings is 2. The van der Waals surface area contributed by atoms with E-state index in [9.17, 15) is 4.79 Å². The summed E-state index contributed by atoms with van der Waals surface area (Å²) in [5.74, 6) is 2.15. The van der Waals surface area contributed by atoms with Gasteiger partial charge in [0.05, 0.1) is 13.2 Å². The molecule has 160 valence electrons. The van der Waals surface area contributed by atoms with Crippen molar-refractivity contribution in [3.05, 3.63) is 53.1 Å². The second-order valence-corrected chi connectivity index (χ2v) is 8.93. The maximum atomic E-state index is 13.0. The van der Waals surface area contributed by atoms with E-state index < -0.39 is 6.10 Å². The van der Waals surface area contributed by atoms with Crippen LogP contribution in [0, 0.1) is 0 Å². The van der Waals surface area contributed by atoms with Crippen LogP contribution in [0.5, 0.6) is 17.2 Å². The van der Waals surface area contributed by atoms with Gasteiger partial charge in [0.1, 0.15) is 22.8 Å². The van der Waals surface area contributed by atoms with Crippen molar-refractivity contribution >= 4 is 5.91 Å². The van der Waals surface area contributed by atoms with Gasteiger partial charge in [-0.05, 0) is 87.9 Å². The van der Waals surface area contributed by atoms with Gasteiger partial charge in [-0.15, -0.1) is 0 Å². The van der Waals surface area contributed by atoms with Crippen LogP contribution in [0.2, 0.25) is 0 Å². The predicted molar refractivity (Wildman–Crippen MR) is 116 cm³/mol. The largest absolute Gasteiger partial charge is 0.497 e. The molecule has 0 spiro atoms. The molecule has 0 radical (unpaired) electrons. The van der Waals surface area contributed by atoms with Crippen molar-refractivity contribution in [3.63, 3.8) is 0 Å². The van der Waals surface area contributed by atoms with Gasteiger partial charge in [0.2, 0.25) is 0 Å². The number of aryl methyl sites for hydroxylation is 2. The number of amides is 1. The van der Waals surface area contributed by atoms with Gasteiger partial charge in [-0.2, -0.15) is 0 Å². The minimum absolute atomic E-state index is 0.135. The zero-order valence-corrected chi connectivity index (χ0v) is 18.3. The van der Waals surface area contributed by atoms with Crippen molar-refractivity contribution in [2.75, 3.05) is 7.11 Å². The van der Waals surface area contributed by atoms with Gasteiger partial charge < -0.3 is 19.5 Å². The highest BCUT2D eigenvalue weighted by Gasteiger charge is 2.35. The molecule has 0 fully saturated rings. The lowest BCUT2D eigenvalue weighted by atomic mass is 9.89. The molecular formula is C25H31NO4. The van der Waals surface area contributed by atoms with Crippen LogP contribution in [0.1, 0.15) is 62.8 Å². The number of hydrogen-bond donors (Lipinski definition) is 1. The Hall–Kier alpha value is -2.69. The van der Waals surface area contributed by atoms with E-state index in [0.717, 1.165) is 35.7 Å². The van der Waals surface area contributed by atoms with E-state index in [4.69, 9.17) is 14.2 Å². The Kier molecular flexibility index (Phi) is 5.63. The third-order valence-corrected chi connectivity index (χ3v) is 5.99. The zero-order chi connectivity index (χ0) is 21.3. The third-order valence-electron chi connectivity index (χ3n) is 5.99. The summed E-state index contributed by atoms with van der Waals surface area (Å²) in [5.41, 5.74) is 3.31. The van der Waals surface area contributed by atoms with Gasteiger partial charge in [-0.25, -0.2) is 0 Å². The smallest absolute Gasteiger partial charge is 0.261 e. The molecule has 30 heavy (non-hydrogen) atoms. The van der Waals surface area contributed by atoms with Crippen LogP contribution in [0.25, 0.3) is 0 Å². The van der Waals surface area contributed by atoms with Crippen LogP contribution in [0.4, 0.5) is 0 Å². The minimum Gasteiger partial charge on any atom is -0.497 e. The van der Waals surface area contributed by atoms with Crippen LogP contribution in [0.3, 0.4) is 0 Å². The molecule has 0 saturated carbocycles. The van der Waals surface area contributed by atoms with Gasteiger partial charge in [-0.1, -0.05) is 6.07 Å². The molecule has 4 rings (SSSR count). The first-order valence-electron chi connectivity index (χ1n) is 10.8. The van der Waals surface area contributed by atoms with E-state index >= 15 is 0 Å². The van der Waals surface area contributed by atoms with E-state index in [1.165, 1.54) is 24.0 Å². The number of carbonyl (C=O) groups excluding carboxylic acids is 1. The van der Waals surface area contributed by atoms with Crippen LogP contribution in [-0.4, -0.2) is 24.7 Å². The maximum absolute atomic E-state index is 13.0. The molecule has 0 unspecified atom stereocenters. The molecule has 1 amide bonds. The molecule has 2 aromatic rings. The van der Waals surface area contributed by atoms with Crippen LogP contribution >= 0.6 is 0 Å². The van der Waals surface area contributed by atoms with E-state index in [0.29, 0.717) is 6.42 Å². The summed E-state index contributed by atoms with van der Waals surface area (Å²) in [4.78, 5) is 13.0. The Morgan fingerprint density at radius 3 is 2.60 bits per heavy atom. The third kappa shape index (κ3) is 4.40. The van der Waals surface area contributed by atoms with Crippen molar-refractivity contribution in [2.24, 2.45) is 0 Å². The maximum Gasteiger partial charge on any atom is 0.261 e. The van der Waals surface area contributed by atoms with Gasteiger partial charge in [0.15, 0.2) is 6.10 Å². The summed E-state index contributed by atoms with van der Waals surface area (Å²) >= 11 is 0. The SMILES string of the molecule is COc1ccc2c(c1)[C@H](NC(=O)[C@H](C)Oc1ccc3c(c1)CCCC3)CC(C)(C)O2. The molecule has 5 nitrogen and oxygen atoms in total. The molecule has 0 aromatic heterocycles. The molecule has 2 atom stereocenters. The second kappa shape index (κ2) is 8.21. The van der Waals surface area contributed by atoms with E-state index in [1.807, 2.05) is 38.1 Å². The fraction of sp³-hybridized carbons (Fsp3) is 0.480. The quantitative estimate of drug-likeness (QED) is 0.774. The van der Waals surface area contributed by atoms with Gasteiger partial charge in [0, 0.05) is 12.0 Å². The Morgan fingerprint density at radius 2 is 1.83 bits per heavy atom. The molecule has 5 heteroatoms. The predicted octanol–water partition coefficient (Wildman–Crippen LogP) is 4.76. The van der Waals surface area contributed by atoms with Crippen LogP contribution in [-0.2, 0) is 17.6 Å². The Balaban J connectivity index is 1.48. The lowest BCUT2D eigenvalue weighted by Crippen LogP contribution is -2.44. The normalized spacial score (nSPS) is 20.2. The molecule has 1 aliphatic carbocycles. The first-order chi connectivity index (χ1) is 14.3. The van der Waals surface area contributed by atoms with Crippen molar-refractivity contribution in [3.8, 4) is 17.2 Å². The van der Waals surface area contributed by atoms with Crippen molar-refractivity contribution < 1.29 is 19.0 Å². The molecular weight excluding hydrogens is 378 g/mol. The highest BCUT2D eigenvalue weighted by molar-refractivity contribution is 5.81. The van der Waals surface area contributed by atoms with Gasteiger partial charge in [-0.3, -0.25) is 4.79 Å². The number of nitrogens with one attached hydrogen (secondary N) is 1. The summed E-state index contributed by atoms with van der Waals surface area (Å²) in [5, 5.41) is 3.16. The fourth-order valence-corrected chi connectivity index (χ4v) is 4.42. The van der Waals surface area contributed by atoms with Crippen LogP contribution < -0.4 is 19.5 Å². The van der Waals surface area contributed by atoms with E-state index in [-0.39, 0.29) is 17.6 Å². The Morgan fingerprint density at radius 1 is 1.10 bits per heavy atom. The number of rotatable bonds is 5. The second-order valence-electron chi connectivity index (χ2n) is 8.93.